The minimum absolute atomic E-state index is 0.0856. The van der Waals surface area contributed by atoms with Gasteiger partial charge in [-0.15, -0.1) is 0 Å². The van der Waals surface area contributed by atoms with Gasteiger partial charge < -0.3 is 10.0 Å². The minimum atomic E-state index is 0.0856. The molecule has 1 heterocycles. The van der Waals surface area contributed by atoms with Gasteiger partial charge in [0, 0.05) is 22.0 Å². The Bertz CT molecular complexity index is 764. The number of nitrogens with zero attached hydrogens (tertiary/aromatic N) is 3. The lowest BCUT2D eigenvalue weighted by Gasteiger charge is -2.24. The molecule has 0 amide bonds. The smallest absolute Gasteiger partial charge is 0.140 e. The van der Waals surface area contributed by atoms with Crippen LogP contribution in [0.5, 0.6) is 0 Å². The van der Waals surface area contributed by atoms with E-state index in [1.807, 2.05) is 30.3 Å². The van der Waals surface area contributed by atoms with Gasteiger partial charge in [-0.1, -0.05) is 30.3 Å². The van der Waals surface area contributed by atoms with Crippen LogP contribution in [-0.4, -0.2) is 28.2 Å². The zero-order valence-electron chi connectivity index (χ0n) is 12.0. The average Bonchev–Trinajstić information content (AvgIpc) is 2.55. The third-order valence-corrected chi connectivity index (χ3v) is 4.13. The van der Waals surface area contributed by atoms with Crippen LogP contribution in [0.4, 0.5) is 5.82 Å². The third kappa shape index (κ3) is 3.36. The third-order valence-electron chi connectivity index (χ3n) is 3.46. The van der Waals surface area contributed by atoms with Crippen molar-refractivity contribution < 1.29 is 5.11 Å². The highest BCUT2D eigenvalue weighted by atomic mass is 127. The molecule has 1 N–H and O–H groups in total. The monoisotopic (exact) mass is 405 g/mol. The Morgan fingerprint density at radius 3 is 2.64 bits per heavy atom. The van der Waals surface area contributed by atoms with Gasteiger partial charge in [0.05, 0.1) is 12.1 Å². The standard InChI is InChI=1S/C17H16IN3O/c18-14-6-7-16-15(10-14)17(20-12-19-16)21(8-9-22)11-13-4-2-1-3-5-13/h1-7,10,12,22H,8-9,11H2. The fourth-order valence-corrected chi connectivity index (χ4v) is 2.94. The van der Waals surface area contributed by atoms with Gasteiger partial charge in [-0.3, -0.25) is 0 Å². The number of benzene rings is 2. The first-order valence-electron chi connectivity index (χ1n) is 7.08. The van der Waals surface area contributed by atoms with E-state index in [2.05, 4.69) is 55.7 Å². The normalized spacial score (nSPS) is 10.8. The number of fused-ring (bicyclic) bond motifs is 1. The van der Waals surface area contributed by atoms with E-state index in [9.17, 15) is 5.11 Å². The Morgan fingerprint density at radius 1 is 1.05 bits per heavy atom. The molecular formula is C17H16IN3O. The zero-order valence-corrected chi connectivity index (χ0v) is 14.1. The van der Waals surface area contributed by atoms with Crippen molar-refractivity contribution in [3.63, 3.8) is 0 Å². The second kappa shape index (κ2) is 7.02. The highest BCUT2D eigenvalue weighted by Gasteiger charge is 2.13. The van der Waals surface area contributed by atoms with E-state index in [0.717, 1.165) is 20.3 Å². The molecule has 0 saturated carbocycles. The van der Waals surface area contributed by atoms with E-state index >= 15 is 0 Å². The van der Waals surface area contributed by atoms with Crippen molar-refractivity contribution in [3.05, 3.63) is 64.0 Å². The van der Waals surface area contributed by atoms with Crippen molar-refractivity contribution >= 4 is 39.3 Å². The van der Waals surface area contributed by atoms with Crippen LogP contribution < -0.4 is 4.90 Å². The number of hydrogen-bond donors (Lipinski definition) is 1. The largest absolute Gasteiger partial charge is 0.395 e. The van der Waals surface area contributed by atoms with Crippen LogP contribution in [0.15, 0.2) is 54.9 Å². The van der Waals surface area contributed by atoms with Crippen molar-refractivity contribution in [2.45, 2.75) is 6.54 Å². The summed E-state index contributed by atoms with van der Waals surface area (Å²) in [4.78, 5) is 10.9. The lowest BCUT2D eigenvalue weighted by atomic mass is 10.2. The van der Waals surface area contributed by atoms with Crippen molar-refractivity contribution in [3.8, 4) is 0 Å². The molecule has 0 aliphatic rings. The lowest BCUT2D eigenvalue weighted by molar-refractivity contribution is 0.301. The van der Waals surface area contributed by atoms with Crippen LogP contribution >= 0.6 is 22.6 Å². The number of aliphatic hydroxyl groups is 1. The van der Waals surface area contributed by atoms with E-state index in [-0.39, 0.29) is 6.61 Å². The lowest BCUT2D eigenvalue weighted by Crippen LogP contribution is -2.27. The van der Waals surface area contributed by atoms with Gasteiger partial charge in [0.15, 0.2) is 0 Å². The maximum atomic E-state index is 9.42. The van der Waals surface area contributed by atoms with Gasteiger partial charge in [0.1, 0.15) is 12.1 Å². The fourth-order valence-electron chi connectivity index (χ4n) is 2.45. The van der Waals surface area contributed by atoms with Crippen molar-refractivity contribution in [2.24, 2.45) is 0 Å². The average molecular weight is 405 g/mol. The summed E-state index contributed by atoms with van der Waals surface area (Å²) in [7, 11) is 0. The SMILES string of the molecule is OCCN(Cc1ccccc1)c1ncnc2ccc(I)cc12. The molecule has 4 nitrogen and oxygen atoms in total. The van der Waals surface area contributed by atoms with E-state index in [1.165, 1.54) is 5.56 Å². The Hall–Kier alpha value is -1.73. The van der Waals surface area contributed by atoms with Gasteiger partial charge in [-0.05, 0) is 46.4 Å². The first-order valence-corrected chi connectivity index (χ1v) is 8.16. The molecule has 0 unspecified atom stereocenters. The number of aromatic nitrogens is 2. The van der Waals surface area contributed by atoms with Crippen LogP contribution in [0.3, 0.4) is 0 Å². The molecule has 0 atom stereocenters. The number of hydrogen-bond acceptors (Lipinski definition) is 4. The quantitative estimate of drug-likeness (QED) is 0.663. The molecule has 1 aromatic heterocycles. The second-order valence-electron chi connectivity index (χ2n) is 4.99. The van der Waals surface area contributed by atoms with Gasteiger partial charge in [0.25, 0.3) is 0 Å². The van der Waals surface area contributed by atoms with E-state index < -0.39 is 0 Å². The summed E-state index contributed by atoms with van der Waals surface area (Å²) >= 11 is 2.29. The van der Waals surface area contributed by atoms with Gasteiger partial charge >= 0.3 is 0 Å². The van der Waals surface area contributed by atoms with Crippen LogP contribution in [0.1, 0.15) is 5.56 Å². The first kappa shape index (κ1) is 15.2. The van der Waals surface area contributed by atoms with E-state index in [1.54, 1.807) is 6.33 Å². The van der Waals surface area contributed by atoms with Crippen LogP contribution in [-0.2, 0) is 6.54 Å². The molecule has 22 heavy (non-hydrogen) atoms. The van der Waals surface area contributed by atoms with Crippen LogP contribution in [0, 0.1) is 3.57 Å². The summed E-state index contributed by atoms with van der Waals surface area (Å²) in [6, 6.07) is 16.3. The highest BCUT2D eigenvalue weighted by Crippen LogP contribution is 2.25. The zero-order chi connectivity index (χ0) is 15.4. The Kier molecular flexibility index (Phi) is 4.84. The summed E-state index contributed by atoms with van der Waals surface area (Å²) in [6.07, 6.45) is 1.58. The Balaban J connectivity index is 2.03. The molecule has 0 aliphatic carbocycles. The maximum Gasteiger partial charge on any atom is 0.140 e. The molecule has 3 rings (SSSR count). The van der Waals surface area contributed by atoms with Crippen LogP contribution in [0.2, 0.25) is 0 Å². The van der Waals surface area contributed by atoms with Crippen molar-refractivity contribution in [1.82, 2.24) is 9.97 Å². The van der Waals surface area contributed by atoms with E-state index in [0.29, 0.717) is 13.1 Å². The number of anilines is 1. The molecule has 3 aromatic rings. The predicted octanol–water partition coefficient (Wildman–Crippen LogP) is 3.23. The van der Waals surface area contributed by atoms with Gasteiger partial charge in [-0.2, -0.15) is 0 Å². The number of aliphatic hydroxyl groups excluding tert-OH is 1. The Labute approximate surface area is 143 Å². The summed E-state index contributed by atoms with van der Waals surface area (Å²) in [5, 5.41) is 10.4. The second-order valence-corrected chi connectivity index (χ2v) is 6.24. The molecular weight excluding hydrogens is 389 g/mol. The minimum Gasteiger partial charge on any atom is -0.395 e. The number of halogens is 1. The molecule has 2 aromatic carbocycles. The Morgan fingerprint density at radius 2 is 1.86 bits per heavy atom. The van der Waals surface area contributed by atoms with Crippen molar-refractivity contribution in [2.75, 3.05) is 18.1 Å². The topological polar surface area (TPSA) is 49.2 Å². The molecule has 0 fully saturated rings. The first-order chi connectivity index (χ1) is 10.8. The van der Waals surface area contributed by atoms with E-state index in [4.69, 9.17) is 0 Å². The predicted molar refractivity (Wildman–Crippen MR) is 96.8 cm³/mol. The molecule has 0 spiro atoms. The molecule has 5 heteroatoms. The molecule has 112 valence electrons. The highest BCUT2D eigenvalue weighted by molar-refractivity contribution is 14.1. The summed E-state index contributed by atoms with van der Waals surface area (Å²) in [5.74, 6) is 0.862. The summed E-state index contributed by atoms with van der Waals surface area (Å²) in [6.45, 7) is 1.33. The molecule has 0 aliphatic heterocycles. The molecule has 0 bridgehead atoms. The number of rotatable bonds is 5. The summed E-state index contributed by atoms with van der Waals surface area (Å²) < 4.78 is 1.14. The van der Waals surface area contributed by atoms with Gasteiger partial charge in [-0.25, -0.2) is 9.97 Å². The van der Waals surface area contributed by atoms with Crippen molar-refractivity contribution in [1.29, 1.82) is 0 Å². The van der Waals surface area contributed by atoms with Gasteiger partial charge in [0.2, 0.25) is 0 Å². The molecule has 0 radical (unpaired) electrons. The fraction of sp³-hybridized carbons (Fsp3) is 0.176. The maximum absolute atomic E-state index is 9.42. The summed E-state index contributed by atoms with van der Waals surface area (Å²) in [5.41, 5.74) is 2.11. The molecule has 0 saturated heterocycles. The van der Waals surface area contributed by atoms with Crippen LogP contribution in [0.25, 0.3) is 10.9 Å².